The van der Waals surface area contributed by atoms with Crippen LogP contribution in [0.15, 0.2) is 0 Å². The van der Waals surface area contributed by atoms with Gasteiger partial charge < -0.3 is 0 Å². The predicted molar refractivity (Wildman–Crippen MR) is 113 cm³/mol. The van der Waals surface area contributed by atoms with Crippen LogP contribution in [0.2, 0.25) is 0 Å². The minimum atomic E-state index is -0.937. The first kappa shape index (κ1) is 22.6. The second-order valence-electron chi connectivity index (χ2n) is 8.59. The second kappa shape index (κ2) is 12.7. The van der Waals surface area contributed by atoms with Crippen molar-refractivity contribution in [1.82, 2.24) is 0 Å². The lowest BCUT2D eigenvalue weighted by Crippen LogP contribution is -2.25. The van der Waals surface area contributed by atoms with Crippen LogP contribution < -0.4 is 0 Å². The highest BCUT2D eigenvalue weighted by atomic mass is 32.2. The zero-order chi connectivity index (χ0) is 19.5. The smallest absolute Gasteiger partial charge is 0.207 e. The molecule has 0 aromatic rings. The van der Waals surface area contributed by atoms with E-state index in [1.54, 1.807) is 0 Å². The van der Waals surface area contributed by atoms with Gasteiger partial charge in [0.05, 0.1) is 5.75 Å². The Hall–Kier alpha value is -0.640. The monoisotopic (exact) mass is 394 g/mol. The highest BCUT2D eigenvalue weighted by Crippen LogP contribution is 2.45. The van der Waals surface area contributed by atoms with Gasteiger partial charge in [0, 0.05) is 6.42 Å². The molecule has 27 heavy (non-hydrogen) atoms. The average molecular weight is 395 g/mol. The van der Waals surface area contributed by atoms with E-state index in [4.69, 9.17) is 0 Å². The first-order valence-electron chi connectivity index (χ1n) is 11.4. The third-order valence-corrected chi connectivity index (χ3v) is 7.18. The maximum Gasteiger partial charge on any atom is 0.207 e. The second-order valence-corrected chi connectivity index (χ2v) is 9.57. The zero-order valence-corrected chi connectivity index (χ0v) is 18.0. The average Bonchev–Trinajstić information content (AvgIpc) is 3.31. The number of carbonyl (C=O) groups excluding carboxylic acids is 3. The van der Waals surface area contributed by atoms with E-state index in [-0.39, 0.29) is 22.4 Å². The van der Waals surface area contributed by atoms with Crippen LogP contribution in [-0.2, 0) is 14.4 Å². The maximum atomic E-state index is 12.0. The maximum absolute atomic E-state index is 12.0. The Morgan fingerprint density at radius 1 is 0.852 bits per heavy atom. The number of hydrogen-bond donors (Lipinski definition) is 0. The van der Waals surface area contributed by atoms with Gasteiger partial charge in [-0.1, -0.05) is 95.7 Å². The van der Waals surface area contributed by atoms with Crippen LogP contribution in [0, 0.1) is 17.8 Å². The summed E-state index contributed by atoms with van der Waals surface area (Å²) < 4.78 is 0. The van der Waals surface area contributed by atoms with Gasteiger partial charge in [0.2, 0.25) is 5.12 Å². The summed E-state index contributed by atoms with van der Waals surface area (Å²) in [7, 11) is 0. The number of thioether (sulfide) groups is 1. The summed E-state index contributed by atoms with van der Waals surface area (Å²) in [5, 5.41) is -0.232. The normalized spacial score (nSPS) is 24.6. The van der Waals surface area contributed by atoms with Crippen molar-refractivity contribution in [1.29, 1.82) is 0 Å². The number of ketones is 2. The van der Waals surface area contributed by atoms with E-state index in [2.05, 4.69) is 6.92 Å². The highest BCUT2D eigenvalue weighted by molar-refractivity contribution is 8.15. The molecule has 2 fully saturated rings. The molecule has 0 amide bonds. The van der Waals surface area contributed by atoms with Gasteiger partial charge >= 0.3 is 0 Å². The number of rotatable bonds is 16. The van der Waals surface area contributed by atoms with Gasteiger partial charge in [0.15, 0.2) is 11.6 Å². The molecule has 0 aromatic heterocycles. The molecule has 3 atom stereocenters. The van der Waals surface area contributed by atoms with E-state index < -0.39 is 5.92 Å². The summed E-state index contributed by atoms with van der Waals surface area (Å²) in [6.45, 7) is 2.27. The fourth-order valence-corrected chi connectivity index (χ4v) is 5.22. The van der Waals surface area contributed by atoms with Crippen LogP contribution >= 0.6 is 11.8 Å². The van der Waals surface area contributed by atoms with Crippen molar-refractivity contribution >= 4 is 28.4 Å². The Balaban J connectivity index is 1.37. The fraction of sp³-hybridized carbons (Fsp3) is 0.870. The largest absolute Gasteiger partial charge is 0.298 e. The van der Waals surface area contributed by atoms with E-state index in [1.165, 1.54) is 77.0 Å². The van der Waals surface area contributed by atoms with Crippen LogP contribution in [0.1, 0.15) is 103 Å². The Labute approximate surface area is 169 Å². The number of hydrogen-bond acceptors (Lipinski definition) is 4. The first-order valence-corrected chi connectivity index (χ1v) is 12.3. The molecule has 0 N–H and O–H groups in total. The van der Waals surface area contributed by atoms with Gasteiger partial charge in [-0.25, -0.2) is 0 Å². The van der Waals surface area contributed by atoms with Gasteiger partial charge in [-0.15, -0.1) is 0 Å². The van der Waals surface area contributed by atoms with E-state index >= 15 is 0 Å². The van der Waals surface area contributed by atoms with Crippen molar-refractivity contribution < 1.29 is 14.4 Å². The molecule has 1 saturated heterocycles. The SMILES string of the molecule is CCCCCCCCC1CC1CCCCCCCC(=O)C1C(=O)CSC1=O. The molecule has 3 unspecified atom stereocenters. The predicted octanol–water partition coefficient (Wildman–Crippen LogP) is 6.13. The van der Waals surface area contributed by atoms with Gasteiger partial charge in [0.1, 0.15) is 5.92 Å². The van der Waals surface area contributed by atoms with Crippen molar-refractivity contribution in [3.05, 3.63) is 0 Å². The van der Waals surface area contributed by atoms with Gasteiger partial charge in [-0.05, 0) is 24.7 Å². The van der Waals surface area contributed by atoms with E-state index in [0.29, 0.717) is 6.42 Å². The van der Waals surface area contributed by atoms with Crippen molar-refractivity contribution in [2.45, 2.75) is 103 Å². The molecule has 0 aromatic carbocycles. The lowest BCUT2D eigenvalue weighted by Gasteiger charge is -2.05. The third kappa shape index (κ3) is 8.50. The Morgan fingerprint density at radius 2 is 1.41 bits per heavy atom. The number of unbranched alkanes of at least 4 members (excludes halogenated alkanes) is 9. The fourth-order valence-electron chi connectivity index (χ4n) is 4.34. The third-order valence-electron chi connectivity index (χ3n) is 6.23. The molecule has 4 heteroatoms. The summed E-state index contributed by atoms with van der Waals surface area (Å²) >= 11 is 1.00. The van der Waals surface area contributed by atoms with Crippen molar-refractivity contribution in [2.75, 3.05) is 5.75 Å². The molecule has 0 bridgehead atoms. The summed E-state index contributed by atoms with van der Waals surface area (Å²) in [6.07, 6.45) is 18.8. The lowest BCUT2D eigenvalue weighted by molar-refractivity contribution is -0.134. The molecule has 3 nitrogen and oxygen atoms in total. The van der Waals surface area contributed by atoms with Gasteiger partial charge in [-0.3, -0.25) is 14.4 Å². The molecule has 154 valence electrons. The molecule has 0 radical (unpaired) electrons. The van der Waals surface area contributed by atoms with Crippen LogP contribution in [0.5, 0.6) is 0 Å². The highest BCUT2D eigenvalue weighted by Gasteiger charge is 2.38. The summed E-state index contributed by atoms with van der Waals surface area (Å²) in [4.78, 5) is 35.1. The molecule has 1 aliphatic heterocycles. The number of Topliss-reactive ketones (excluding diaryl/α,β-unsaturated/α-hetero) is 2. The Bertz CT molecular complexity index is 472. The van der Waals surface area contributed by atoms with E-state index in [9.17, 15) is 14.4 Å². The topological polar surface area (TPSA) is 51.2 Å². The molecule has 1 saturated carbocycles. The van der Waals surface area contributed by atoms with Crippen LogP contribution in [-0.4, -0.2) is 22.4 Å². The lowest BCUT2D eigenvalue weighted by atomic mass is 9.96. The van der Waals surface area contributed by atoms with Gasteiger partial charge in [0.25, 0.3) is 0 Å². The molecule has 2 rings (SSSR count). The standard InChI is InChI=1S/C23H38O3S/c1-2-3-4-5-7-10-13-18-16-19(18)14-11-8-6-9-12-15-20(24)22-21(25)17-27-23(22)26/h18-19,22H,2-17H2,1H3. The molecular formula is C23H38O3S. The summed E-state index contributed by atoms with van der Waals surface area (Å²) in [5.74, 6) is 0.942. The summed E-state index contributed by atoms with van der Waals surface area (Å²) in [5.41, 5.74) is 0. The van der Waals surface area contributed by atoms with E-state index in [1.807, 2.05) is 0 Å². The van der Waals surface area contributed by atoms with E-state index in [0.717, 1.165) is 36.4 Å². The Kier molecular flexibility index (Phi) is 10.7. The summed E-state index contributed by atoms with van der Waals surface area (Å²) in [6, 6.07) is 0. The Morgan fingerprint density at radius 3 is 1.96 bits per heavy atom. The van der Waals surface area contributed by atoms with Crippen LogP contribution in [0.4, 0.5) is 0 Å². The first-order chi connectivity index (χ1) is 13.1. The minimum Gasteiger partial charge on any atom is -0.298 e. The molecule has 1 heterocycles. The van der Waals surface area contributed by atoms with Crippen LogP contribution in [0.25, 0.3) is 0 Å². The quantitative estimate of drug-likeness (QED) is 0.233. The number of carbonyl (C=O) groups is 3. The van der Waals surface area contributed by atoms with Crippen molar-refractivity contribution in [3.8, 4) is 0 Å². The van der Waals surface area contributed by atoms with Crippen molar-refractivity contribution in [2.24, 2.45) is 17.8 Å². The van der Waals surface area contributed by atoms with Crippen molar-refractivity contribution in [3.63, 3.8) is 0 Å². The van der Waals surface area contributed by atoms with Crippen LogP contribution in [0.3, 0.4) is 0 Å². The molecule has 1 aliphatic carbocycles. The van der Waals surface area contributed by atoms with Gasteiger partial charge in [-0.2, -0.15) is 0 Å². The molecular weight excluding hydrogens is 356 g/mol. The molecule has 2 aliphatic rings. The zero-order valence-electron chi connectivity index (χ0n) is 17.2. The molecule has 0 spiro atoms. The minimum absolute atomic E-state index is 0.148.